The number of rotatable bonds is 8. The van der Waals surface area contributed by atoms with E-state index >= 15 is 0 Å². The molecule has 2 aliphatic heterocycles. The molecular formula is C36H36F7N5O. The summed E-state index contributed by atoms with van der Waals surface area (Å²) < 4.78 is 96.9. The van der Waals surface area contributed by atoms with E-state index in [-0.39, 0.29) is 30.5 Å². The number of aromatic nitrogens is 2. The molecule has 49 heavy (non-hydrogen) atoms. The minimum absolute atomic E-state index is 0.0435. The van der Waals surface area contributed by atoms with Crippen LogP contribution in [-0.2, 0) is 25.3 Å². The van der Waals surface area contributed by atoms with Gasteiger partial charge in [-0.3, -0.25) is 4.79 Å². The third-order valence-electron chi connectivity index (χ3n) is 9.46. The Morgan fingerprint density at radius 1 is 0.816 bits per heavy atom. The highest BCUT2D eigenvalue weighted by Gasteiger charge is 2.40. The van der Waals surface area contributed by atoms with Crippen LogP contribution >= 0.6 is 0 Å². The van der Waals surface area contributed by atoms with E-state index < -0.39 is 41.0 Å². The highest BCUT2D eigenvalue weighted by molar-refractivity contribution is 5.95. The van der Waals surface area contributed by atoms with E-state index in [1.165, 1.54) is 17.0 Å². The highest BCUT2D eigenvalue weighted by atomic mass is 19.4. The minimum atomic E-state index is -5.05. The number of nitrogens with zero attached hydrogens (tertiary/aromatic N) is 4. The van der Waals surface area contributed by atoms with E-state index in [0.717, 1.165) is 43.0 Å². The Morgan fingerprint density at radius 2 is 1.47 bits per heavy atom. The van der Waals surface area contributed by atoms with Crippen molar-refractivity contribution >= 4 is 11.9 Å². The summed E-state index contributed by atoms with van der Waals surface area (Å²) in [6.45, 7) is 2.29. The van der Waals surface area contributed by atoms with E-state index in [2.05, 4.69) is 15.2 Å². The van der Waals surface area contributed by atoms with Gasteiger partial charge in [-0.2, -0.15) is 26.3 Å². The van der Waals surface area contributed by atoms with E-state index in [9.17, 15) is 35.5 Å². The van der Waals surface area contributed by atoms with Gasteiger partial charge >= 0.3 is 12.4 Å². The molecule has 0 saturated carbocycles. The van der Waals surface area contributed by atoms with Crippen molar-refractivity contribution in [3.8, 4) is 0 Å². The molecule has 0 aliphatic carbocycles. The van der Waals surface area contributed by atoms with Crippen LogP contribution in [0.1, 0.15) is 58.3 Å². The molecule has 6 nitrogen and oxygen atoms in total. The number of imidazole rings is 1. The van der Waals surface area contributed by atoms with Crippen LogP contribution in [-0.4, -0.2) is 63.0 Å². The van der Waals surface area contributed by atoms with Crippen LogP contribution in [0.4, 0.5) is 36.7 Å². The minimum Gasteiger partial charge on any atom is -0.353 e. The summed E-state index contributed by atoms with van der Waals surface area (Å²) in [5.41, 5.74) is -1.77. The van der Waals surface area contributed by atoms with Crippen molar-refractivity contribution in [2.45, 2.75) is 69.1 Å². The molecule has 0 spiro atoms. The lowest BCUT2D eigenvalue weighted by atomic mass is 9.89. The number of hydrogen-bond donors (Lipinski definition) is 1. The Kier molecular flexibility index (Phi) is 10.0. The number of piperidine rings is 2. The molecule has 4 aromatic rings. The Bertz CT molecular complexity index is 1680. The summed E-state index contributed by atoms with van der Waals surface area (Å²) in [6.07, 6.45) is -3.35. The average molecular weight is 688 g/mol. The van der Waals surface area contributed by atoms with Gasteiger partial charge in [0.15, 0.2) is 0 Å². The summed E-state index contributed by atoms with van der Waals surface area (Å²) in [5.74, 6) is -0.408. The second kappa shape index (κ2) is 14.2. The van der Waals surface area contributed by atoms with E-state index in [1.54, 1.807) is 18.3 Å². The summed E-state index contributed by atoms with van der Waals surface area (Å²) in [7, 11) is 0. The lowest BCUT2D eigenvalue weighted by molar-refractivity contribution is -0.143. The first-order valence-corrected chi connectivity index (χ1v) is 16.2. The zero-order valence-corrected chi connectivity index (χ0v) is 26.5. The lowest BCUT2D eigenvalue weighted by Crippen LogP contribution is -2.54. The average Bonchev–Trinajstić information content (AvgIpc) is 3.51. The molecule has 0 radical (unpaired) electrons. The molecule has 3 heterocycles. The number of benzene rings is 3. The zero-order chi connectivity index (χ0) is 34.8. The van der Waals surface area contributed by atoms with Gasteiger partial charge < -0.3 is 19.7 Å². The van der Waals surface area contributed by atoms with Crippen molar-refractivity contribution in [1.82, 2.24) is 19.4 Å². The molecule has 1 aromatic heterocycles. The van der Waals surface area contributed by atoms with Crippen molar-refractivity contribution in [2.24, 2.45) is 0 Å². The first-order valence-electron chi connectivity index (χ1n) is 16.2. The predicted octanol–water partition coefficient (Wildman–Crippen LogP) is 7.90. The van der Waals surface area contributed by atoms with Crippen LogP contribution in [0.3, 0.4) is 0 Å². The van der Waals surface area contributed by atoms with Crippen molar-refractivity contribution in [3.05, 3.63) is 119 Å². The van der Waals surface area contributed by atoms with Crippen molar-refractivity contribution < 1.29 is 35.5 Å². The monoisotopic (exact) mass is 687 g/mol. The van der Waals surface area contributed by atoms with E-state index in [0.29, 0.717) is 37.9 Å². The molecule has 0 bridgehead atoms. The highest BCUT2D eigenvalue weighted by Crippen LogP contribution is 2.37. The molecule has 2 aliphatic rings. The van der Waals surface area contributed by atoms with Crippen LogP contribution in [0.5, 0.6) is 0 Å². The van der Waals surface area contributed by atoms with Gasteiger partial charge in [-0.15, -0.1) is 0 Å². The fourth-order valence-electron chi connectivity index (χ4n) is 6.91. The number of halogens is 7. The maximum absolute atomic E-state index is 13.7. The topological polar surface area (TPSA) is 53.4 Å². The van der Waals surface area contributed by atoms with Crippen LogP contribution in [0.15, 0.2) is 85.2 Å². The van der Waals surface area contributed by atoms with Crippen LogP contribution in [0.2, 0.25) is 0 Å². The first kappa shape index (κ1) is 34.5. The Labute approximate surface area is 279 Å². The first-order chi connectivity index (χ1) is 23.3. The second-order valence-corrected chi connectivity index (χ2v) is 12.8. The quantitative estimate of drug-likeness (QED) is 0.192. The number of alkyl halides is 6. The molecule has 1 N–H and O–H groups in total. The standard InChI is InChI=1S/C36H36F7N5O/c37-29-8-6-25(7-9-29)23-47-17-13-44-34(47)45-30-10-14-46(15-11-30)31-12-16-48(32(22-31)18-24-4-2-1-3-5-24)33(49)26-19-27(35(38,39)40)21-28(20-26)36(41,42)43/h1-9,13,17,19-21,30-32H,10-12,14-16,18,22-23H2,(H,44,45)/t31-,32+/m1/s1. The normalized spacial score (nSPS) is 19.6. The van der Waals surface area contributed by atoms with Crippen molar-refractivity contribution in [1.29, 1.82) is 0 Å². The molecule has 2 saturated heterocycles. The number of carbonyl (C=O) groups is 1. The summed E-state index contributed by atoms with van der Waals surface area (Å²) in [6, 6.07) is 16.6. The molecule has 260 valence electrons. The molecule has 13 heteroatoms. The van der Waals surface area contributed by atoms with E-state index in [1.807, 2.05) is 41.1 Å². The zero-order valence-electron chi connectivity index (χ0n) is 26.5. The van der Waals surface area contributed by atoms with Gasteiger partial charge in [0, 0.05) is 55.7 Å². The molecule has 2 atom stereocenters. The molecule has 3 aromatic carbocycles. The molecule has 0 unspecified atom stereocenters. The number of amides is 1. The van der Waals surface area contributed by atoms with Crippen LogP contribution in [0.25, 0.3) is 0 Å². The molecule has 2 fully saturated rings. The third kappa shape index (κ3) is 8.44. The van der Waals surface area contributed by atoms with Crippen molar-refractivity contribution in [3.63, 3.8) is 0 Å². The fraction of sp³-hybridized carbons (Fsp3) is 0.389. The van der Waals surface area contributed by atoms with Crippen LogP contribution < -0.4 is 5.32 Å². The fourth-order valence-corrected chi connectivity index (χ4v) is 6.91. The number of hydrogen-bond acceptors (Lipinski definition) is 4. The smallest absolute Gasteiger partial charge is 0.353 e. The molecule has 1 amide bonds. The predicted molar refractivity (Wildman–Crippen MR) is 170 cm³/mol. The number of nitrogens with one attached hydrogen (secondary N) is 1. The van der Waals surface area contributed by atoms with Gasteiger partial charge in [0.05, 0.1) is 17.7 Å². The SMILES string of the molecule is O=C(c1cc(C(F)(F)F)cc(C(F)(F)F)c1)N1CC[C@@H](N2CCC(Nc3nccn3Cc3ccc(F)cc3)CC2)C[C@@H]1Cc1ccccc1. The summed E-state index contributed by atoms with van der Waals surface area (Å²) in [5, 5.41) is 3.53. The number of anilines is 1. The molecular weight excluding hydrogens is 651 g/mol. The second-order valence-electron chi connectivity index (χ2n) is 12.8. The van der Waals surface area contributed by atoms with Gasteiger partial charge in [0.25, 0.3) is 5.91 Å². The maximum Gasteiger partial charge on any atom is 0.416 e. The van der Waals surface area contributed by atoms with Crippen LogP contribution in [0, 0.1) is 5.82 Å². The maximum atomic E-state index is 13.7. The van der Waals surface area contributed by atoms with E-state index in [4.69, 9.17) is 0 Å². The van der Waals surface area contributed by atoms with Gasteiger partial charge in [-0.1, -0.05) is 42.5 Å². The van der Waals surface area contributed by atoms with Gasteiger partial charge in [-0.05, 0) is 73.6 Å². The summed E-state index contributed by atoms with van der Waals surface area (Å²) >= 11 is 0. The Balaban J connectivity index is 1.14. The Hall–Kier alpha value is -4.39. The number of carbonyl (C=O) groups excluding carboxylic acids is 1. The lowest BCUT2D eigenvalue weighted by Gasteiger charge is -2.45. The molecule has 6 rings (SSSR count). The third-order valence-corrected chi connectivity index (χ3v) is 9.46. The number of likely N-dealkylation sites (tertiary alicyclic amines) is 2. The van der Waals surface area contributed by atoms with Gasteiger partial charge in [-0.25, -0.2) is 9.37 Å². The summed E-state index contributed by atoms with van der Waals surface area (Å²) in [4.78, 5) is 22.0. The van der Waals surface area contributed by atoms with Gasteiger partial charge in [0.2, 0.25) is 5.95 Å². The largest absolute Gasteiger partial charge is 0.416 e. The van der Waals surface area contributed by atoms with Crippen molar-refractivity contribution in [2.75, 3.05) is 25.0 Å². The van der Waals surface area contributed by atoms with Gasteiger partial charge in [0.1, 0.15) is 5.82 Å². The Morgan fingerprint density at radius 3 is 2.10 bits per heavy atom.